The van der Waals surface area contributed by atoms with Crippen LogP contribution in [0.15, 0.2) is 16.6 Å². The number of halogens is 3. The maximum absolute atomic E-state index is 13.5. The van der Waals surface area contributed by atoms with Crippen molar-refractivity contribution in [1.82, 2.24) is 0 Å². The molecule has 0 radical (unpaired) electrons. The second-order valence-electron chi connectivity index (χ2n) is 4.00. The summed E-state index contributed by atoms with van der Waals surface area (Å²) in [7, 11) is -1.79. The van der Waals surface area contributed by atoms with E-state index >= 15 is 0 Å². The molecular formula is C9H11BrF2Si. The van der Waals surface area contributed by atoms with Crippen LogP contribution >= 0.6 is 15.9 Å². The minimum atomic E-state index is -1.79. The van der Waals surface area contributed by atoms with Crippen LogP contribution in [-0.4, -0.2) is 8.07 Å². The predicted octanol–water partition coefficient (Wildman–Crippen LogP) is 3.27. The van der Waals surface area contributed by atoms with Crippen molar-refractivity contribution in [3.05, 3.63) is 28.2 Å². The van der Waals surface area contributed by atoms with Crippen LogP contribution in [0.25, 0.3) is 0 Å². The Hall–Kier alpha value is -0.223. The van der Waals surface area contributed by atoms with Crippen LogP contribution < -0.4 is 5.19 Å². The van der Waals surface area contributed by atoms with Gasteiger partial charge in [-0.3, -0.25) is 0 Å². The third kappa shape index (κ3) is 2.37. The second kappa shape index (κ2) is 3.50. The summed E-state index contributed by atoms with van der Waals surface area (Å²) >= 11 is 3.00. The summed E-state index contributed by atoms with van der Waals surface area (Å²) in [6.07, 6.45) is 0. The first-order chi connectivity index (χ1) is 5.82. The molecule has 1 aromatic carbocycles. The van der Waals surface area contributed by atoms with E-state index in [2.05, 4.69) is 15.9 Å². The van der Waals surface area contributed by atoms with Crippen molar-refractivity contribution in [1.29, 1.82) is 0 Å². The largest absolute Gasteiger partial charge is 0.207 e. The molecule has 0 saturated carbocycles. The molecule has 0 heterocycles. The van der Waals surface area contributed by atoms with Crippen LogP contribution in [0, 0.1) is 11.6 Å². The Morgan fingerprint density at radius 1 is 1.15 bits per heavy atom. The maximum atomic E-state index is 13.5. The van der Waals surface area contributed by atoms with Gasteiger partial charge in [-0.25, -0.2) is 8.78 Å². The topological polar surface area (TPSA) is 0 Å². The highest BCUT2D eigenvalue weighted by Crippen LogP contribution is 2.17. The van der Waals surface area contributed by atoms with Gasteiger partial charge in [0.2, 0.25) is 0 Å². The minimum Gasteiger partial charge on any atom is -0.207 e. The third-order valence-corrected chi connectivity index (χ3v) is 4.36. The van der Waals surface area contributed by atoms with Crippen LogP contribution in [0.5, 0.6) is 0 Å². The predicted molar refractivity (Wildman–Crippen MR) is 57.0 cm³/mol. The van der Waals surface area contributed by atoms with E-state index in [1.807, 2.05) is 19.6 Å². The summed E-state index contributed by atoms with van der Waals surface area (Å²) < 4.78 is 26.7. The molecule has 0 saturated heterocycles. The molecule has 0 amide bonds. The molecule has 0 fully saturated rings. The number of benzene rings is 1. The normalized spacial score (nSPS) is 11.8. The zero-order valence-corrected chi connectivity index (χ0v) is 10.4. The van der Waals surface area contributed by atoms with Crippen molar-refractivity contribution in [2.45, 2.75) is 19.6 Å². The smallest absolute Gasteiger partial charge is 0.136 e. The SMILES string of the molecule is C[Si](C)(C)c1cc(F)cc(Br)c1F. The molecule has 1 aromatic rings. The summed E-state index contributed by atoms with van der Waals surface area (Å²) in [5, 5.41) is 0.527. The lowest BCUT2D eigenvalue weighted by molar-refractivity contribution is 0.601. The first-order valence-corrected chi connectivity index (χ1v) is 8.26. The van der Waals surface area contributed by atoms with E-state index in [1.165, 1.54) is 6.07 Å². The van der Waals surface area contributed by atoms with E-state index in [4.69, 9.17) is 0 Å². The first-order valence-electron chi connectivity index (χ1n) is 3.97. The summed E-state index contributed by atoms with van der Waals surface area (Å²) in [6.45, 7) is 5.95. The zero-order valence-electron chi connectivity index (χ0n) is 7.79. The van der Waals surface area contributed by atoms with Gasteiger partial charge in [0.15, 0.2) is 0 Å². The molecule has 13 heavy (non-hydrogen) atoms. The lowest BCUT2D eigenvalue weighted by Gasteiger charge is -2.18. The molecule has 1 rings (SSSR count). The van der Waals surface area contributed by atoms with Gasteiger partial charge in [0, 0.05) is 0 Å². The maximum Gasteiger partial charge on any atom is 0.136 e. The lowest BCUT2D eigenvalue weighted by Crippen LogP contribution is -2.40. The Morgan fingerprint density at radius 2 is 1.69 bits per heavy atom. The molecule has 4 heteroatoms. The fraction of sp³-hybridized carbons (Fsp3) is 0.333. The average molecular weight is 265 g/mol. The highest BCUT2D eigenvalue weighted by Gasteiger charge is 2.23. The molecule has 0 atom stereocenters. The molecule has 0 aliphatic heterocycles. The summed E-state index contributed by atoms with van der Waals surface area (Å²) in [5.41, 5.74) is 0. The molecule has 0 unspecified atom stereocenters. The highest BCUT2D eigenvalue weighted by atomic mass is 79.9. The molecule has 0 bridgehead atoms. The number of rotatable bonds is 1. The van der Waals surface area contributed by atoms with Crippen molar-refractivity contribution in [2.75, 3.05) is 0 Å². The molecular weight excluding hydrogens is 254 g/mol. The van der Waals surface area contributed by atoms with E-state index in [0.717, 1.165) is 6.07 Å². The van der Waals surface area contributed by atoms with Gasteiger partial charge >= 0.3 is 0 Å². The Labute approximate surface area is 86.1 Å². The fourth-order valence-electron chi connectivity index (χ4n) is 1.10. The number of hydrogen-bond donors (Lipinski definition) is 0. The van der Waals surface area contributed by atoms with Crippen molar-refractivity contribution in [3.63, 3.8) is 0 Å². The standard InChI is InChI=1S/C9H11BrF2Si/c1-13(2,3)8-5-6(11)4-7(10)9(8)12/h4-5H,1-3H3. The van der Waals surface area contributed by atoms with Gasteiger partial charge in [0.05, 0.1) is 12.5 Å². The molecule has 0 aliphatic rings. The van der Waals surface area contributed by atoms with E-state index in [0.29, 0.717) is 5.19 Å². The Bertz CT molecular complexity index is 331. The molecule has 0 aromatic heterocycles. The summed E-state index contributed by atoms with van der Waals surface area (Å²) in [5.74, 6) is -0.703. The van der Waals surface area contributed by atoms with Gasteiger partial charge < -0.3 is 0 Å². The highest BCUT2D eigenvalue weighted by molar-refractivity contribution is 9.10. The molecule has 0 N–H and O–H groups in total. The van der Waals surface area contributed by atoms with E-state index in [-0.39, 0.29) is 16.1 Å². The average Bonchev–Trinajstić information content (AvgIpc) is 1.94. The molecule has 0 spiro atoms. The Morgan fingerprint density at radius 3 is 2.15 bits per heavy atom. The van der Waals surface area contributed by atoms with Crippen LogP contribution in [0.3, 0.4) is 0 Å². The van der Waals surface area contributed by atoms with Crippen LogP contribution in [-0.2, 0) is 0 Å². The van der Waals surface area contributed by atoms with E-state index in [1.54, 1.807) is 0 Å². The van der Waals surface area contributed by atoms with Crippen molar-refractivity contribution in [2.24, 2.45) is 0 Å². The van der Waals surface area contributed by atoms with Crippen LogP contribution in [0.4, 0.5) is 8.78 Å². The van der Waals surface area contributed by atoms with E-state index < -0.39 is 8.07 Å². The summed E-state index contributed by atoms with van der Waals surface area (Å²) in [4.78, 5) is 0. The monoisotopic (exact) mass is 264 g/mol. The second-order valence-corrected chi connectivity index (χ2v) is 9.89. The van der Waals surface area contributed by atoms with Crippen LogP contribution in [0.2, 0.25) is 19.6 Å². The fourth-order valence-corrected chi connectivity index (χ4v) is 3.08. The third-order valence-electron chi connectivity index (χ3n) is 1.80. The van der Waals surface area contributed by atoms with Crippen LogP contribution in [0.1, 0.15) is 0 Å². The van der Waals surface area contributed by atoms with Crippen molar-refractivity contribution < 1.29 is 8.78 Å². The minimum absolute atomic E-state index is 0.213. The number of hydrogen-bond acceptors (Lipinski definition) is 0. The van der Waals surface area contributed by atoms with Crippen molar-refractivity contribution in [3.8, 4) is 0 Å². The first kappa shape index (κ1) is 10.9. The van der Waals surface area contributed by atoms with Crippen molar-refractivity contribution >= 4 is 29.2 Å². The molecule has 0 aliphatic carbocycles. The quantitative estimate of drug-likeness (QED) is 0.540. The van der Waals surface area contributed by atoms with Gasteiger partial charge in [-0.05, 0) is 33.2 Å². The van der Waals surface area contributed by atoms with Gasteiger partial charge in [0.1, 0.15) is 11.6 Å². The van der Waals surface area contributed by atoms with Gasteiger partial charge in [-0.1, -0.05) is 19.6 Å². The van der Waals surface area contributed by atoms with Gasteiger partial charge in [-0.2, -0.15) is 0 Å². The Balaban J connectivity index is 3.37. The lowest BCUT2D eigenvalue weighted by atomic mass is 10.3. The van der Waals surface area contributed by atoms with Gasteiger partial charge in [-0.15, -0.1) is 0 Å². The Kier molecular flexibility index (Phi) is 2.92. The molecule has 0 nitrogen and oxygen atoms in total. The summed E-state index contributed by atoms with van der Waals surface area (Å²) in [6, 6.07) is 2.45. The zero-order chi connectivity index (χ0) is 10.2. The van der Waals surface area contributed by atoms with E-state index in [9.17, 15) is 8.78 Å². The molecule has 72 valence electrons. The van der Waals surface area contributed by atoms with Gasteiger partial charge in [0.25, 0.3) is 0 Å².